The first-order chi connectivity index (χ1) is 25.7. The van der Waals surface area contributed by atoms with Crippen molar-refractivity contribution < 1.29 is 56.2 Å². The summed E-state index contributed by atoms with van der Waals surface area (Å²) in [5.41, 5.74) is 2.46. The first-order valence-electron chi connectivity index (χ1n) is 17.4. The third-order valence-electron chi connectivity index (χ3n) is 9.16. The van der Waals surface area contributed by atoms with Gasteiger partial charge in [0.15, 0.2) is 23.6 Å². The predicted molar refractivity (Wildman–Crippen MR) is 199 cm³/mol. The zero-order chi connectivity index (χ0) is 42.2. The highest BCUT2D eigenvalue weighted by Crippen LogP contribution is 2.50. The average Bonchev–Trinajstić information content (AvgIpc) is 3.76. The molecular formula is C32H49FN7O14P3-4. The second-order valence-electron chi connectivity index (χ2n) is 14.4. The van der Waals surface area contributed by atoms with Gasteiger partial charge in [0.05, 0.1) is 24.6 Å². The fourth-order valence-corrected chi connectivity index (χ4v) is 8.07. The molecule has 0 spiro atoms. The van der Waals surface area contributed by atoms with Gasteiger partial charge in [-0.25, -0.2) is 14.2 Å². The fraction of sp³-hybridized carbons (Fsp3) is 0.656. The predicted octanol–water partition coefficient (Wildman–Crippen LogP) is 1.12. The van der Waals surface area contributed by atoms with Gasteiger partial charge in [0.2, 0.25) is 5.95 Å². The number of aromatic nitrogens is 6. The molecule has 0 aliphatic carbocycles. The van der Waals surface area contributed by atoms with Crippen LogP contribution in [0, 0.1) is 18.8 Å². The maximum Gasteiger partial charge on any atom is 0.330 e. The van der Waals surface area contributed by atoms with Crippen molar-refractivity contribution in [2.45, 2.75) is 124 Å². The van der Waals surface area contributed by atoms with Crippen LogP contribution in [0.15, 0.2) is 38.8 Å². The number of hydrogen-bond donors (Lipinski definition) is 3. The van der Waals surface area contributed by atoms with Crippen LogP contribution < -0.4 is 42.1 Å². The van der Waals surface area contributed by atoms with E-state index < -0.39 is 99.9 Å². The summed E-state index contributed by atoms with van der Waals surface area (Å²) >= 11 is 0. The van der Waals surface area contributed by atoms with Crippen LogP contribution >= 0.6 is 22.8 Å². The number of aryl methyl sites for hydroxylation is 1. The molecule has 5 heterocycles. The number of H-pyrrole nitrogens is 2. The van der Waals surface area contributed by atoms with Gasteiger partial charge >= 0.3 is 5.69 Å². The number of fused-ring (bicyclic) bond motifs is 1. The van der Waals surface area contributed by atoms with E-state index in [0.717, 1.165) is 10.6 Å². The summed E-state index contributed by atoms with van der Waals surface area (Å²) in [4.78, 5) is 93.9. The Morgan fingerprint density at radius 1 is 0.965 bits per heavy atom. The number of nitrogens with zero attached hydrogens (tertiary/aromatic N) is 4. The van der Waals surface area contributed by atoms with Gasteiger partial charge in [-0.1, -0.05) is 60.9 Å². The first kappa shape index (κ1) is 48.2. The number of nitrogen functional groups attached to an aromatic ring is 1. The minimum Gasteiger partial charge on any atom is -0.808 e. The van der Waals surface area contributed by atoms with E-state index in [1.807, 2.05) is 13.8 Å². The zero-order valence-corrected chi connectivity index (χ0v) is 34.4. The van der Waals surface area contributed by atoms with Crippen LogP contribution in [-0.4, -0.2) is 71.0 Å². The van der Waals surface area contributed by atoms with E-state index in [4.69, 9.17) is 24.3 Å². The third-order valence-corrected chi connectivity index (χ3v) is 13.4. The first-order valence-corrected chi connectivity index (χ1v) is 22.3. The van der Waals surface area contributed by atoms with Crippen molar-refractivity contribution in [2.75, 3.05) is 5.73 Å². The number of anilines is 1. The molecule has 0 amide bonds. The monoisotopic (exact) mass is 867 g/mol. The van der Waals surface area contributed by atoms with Crippen molar-refractivity contribution in [1.82, 2.24) is 29.1 Å². The molecule has 2 aliphatic heterocycles. The lowest BCUT2D eigenvalue weighted by Crippen LogP contribution is -2.37. The summed E-state index contributed by atoms with van der Waals surface area (Å²) in [7, 11) is -13.4. The highest BCUT2D eigenvalue weighted by atomic mass is 31.2. The minimum atomic E-state index is -5.01. The number of hydrogen-bond acceptors (Lipinski definition) is 17. The van der Waals surface area contributed by atoms with Crippen molar-refractivity contribution in [3.63, 3.8) is 0 Å². The van der Waals surface area contributed by atoms with E-state index in [9.17, 15) is 47.7 Å². The lowest BCUT2D eigenvalue weighted by molar-refractivity contribution is -0.308. The van der Waals surface area contributed by atoms with Crippen LogP contribution in [-0.2, 0) is 32.2 Å². The number of imidazole rings is 1. The average molecular weight is 868 g/mol. The molecular weight excluding hydrogens is 818 g/mol. The number of halogens is 1. The summed E-state index contributed by atoms with van der Waals surface area (Å²) < 4.78 is 74.8. The Balaban J connectivity index is 0.000000301. The summed E-state index contributed by atoms with van der Waals surface area (Å²) in [6.07, 6.45) is -4.50. The van der Waals surface area contributed by atoms with Gasteiger partial charge in [0, 0.05) is 35.4 Å². The van der Waals surface area contributed by atoms with E-state index >= 15 is 4.39 Å². The van der Waals surface area contributed by atoms with Gasteiger partial charge in [-0.2, -0.15) is 4.98 Å². The fourth-order valence-electron chi connectivity index (χ4n) is 6.04. The van der Waals surface area contributed by atoms with Gasteiger partial charge in [0.25, 0.3) is 11.1 Å². The Bertz CT molecular complexity index is 2230. The van der Waals surface area contributed by atoms with Crippen molar-refractivity contribution in [3.05, 3.63) is 61.2 Å². The number of nitrogens with two attached hydrogens (primary N) is 1. The molecule has 21 nitrogen and oxygen atoms in total. The zero-order valence-electron chi connectivity index (χ0n) is 31.7. The summed E-state index contributed by atoms with van der Waals surface area (Å²) in [5.74, 6) is -0.565. The van der Waals surface area contributed by atoms with E-state index in [1.54, 1.807) is 6.92 Å². The molecule has 57 heavy (non-hydrogen) atoms. The minimum absolute atomic E-state index is 0. The standard InChI is InChI=1S/C17H27FN5O5P.C14H22N2O9P2.CH4/c1-7(2)10-11(18)16(27-13(10)9(5)28-29(25,26)8(3)4)23-6-20-12-14(23)21-17(19)22-15(12)24;1-8(2)27(22,23)25-11-6-12(24-10(11)4-5-26(19,20)21)16-7-9(3)13(17)15-14(16)18;/h6-11,13,16H,1-5H3,(H,25,26)(H3,19,21,22,24);4-5,7-8,10-12H,6H2,1-3H3,(H,22,23)(H,15,17,18)(H2,19,20,21);1H4/p-4/b;5-4+;. The second kappa shape index (κ2) is 18.4. The molecule has 0 saturated carbocycles. The van der Waals surface area contributed by atoms with Crippen LogP contribution in [0.3, 0.4) is 0 Å². The molecule has 0 radical (unpaired) electrons. The van der Waals surface area contributed by atoms with Gasteiger partial charge in [-0.05, 0) is 27.4 Å². The maximum atomic E-state index is 15.5. The molecule has 322 valence electrons. The van der Waals surface area contributed by atoms with Crippen LogP contribution in [0.5, 0.6) is 0 Å². The van der Waals surface area contributed by atoms with E-state index in [0.29, 0.717) is 5.82 Å². The lowest BCUT2D eigenvalue weighted by atomic mass is 9.85. The summed E-state index contributed by atoms with van der Waals surface area (Å²) in [5, 5.41) is 0. The number of rotatable bonds is 12. The normalized spacial score (nSPS) is 26.7. The Morgan fingerprint density at radius 2 is 1.58 bits per heavy atom. The largest absolute Gasteiger partial charge is 0.808 e. The van der Waals surface area contributed by atoms with Gasteiger partial charge in [-0.15, -0.1) is 0 Å². The Hall–Kier alpha value is -3.13. The molecule has 2 saturated heterocycles. The molecule has 0 aromatic carbocycles. The maximum absolute atomic E-state index is 15.5. The van der Waals surface area contributed by atoms with Gasteiger partial charge in [0.1, 0.15) is 27.5 Å². The molecule has 3 aromatic rings. The van der Waals surface area contributed by atoms with Crippen LogP contribution in [0.25, 0.3) is 11.2 Å². The molecule has 25 heteroatoms. The van der Waals surface area contributed by atoms with Crippen molar-refractivity contribution in [2.24, 2.45) is 11.8 Å². The van der Waals surface area contributed by atoms with E-state index in [2.05, 4.69) is 19.9 Å². The molecule has 10 atom stereocenters. The molecule has 10 unspecified atom stereocenters. The molecule has 5 rings (SSSR count). The van der Waals surface area contributed by atoms with Crippen LogP contribution in [0.2, 0.25) is 0 Å². The molecule has 0 bridgehead atoms. The Labute approximate surface area is 327 Å². The second-order valence-corrected chi connectivity index (χ2v) is 20.4. The van der Waals surface area contributed by atoms with E-state index in [-0.39, 0.29) is 42.4 Å². The quantitative estimate of drug-likeness (QED) is 0.215. The summed E-state index contributed by atoms with van der Waals surface area (Å²) in [6.45, 7) is 12.5. The van der Waals surface area contributed by atoms with Gasteiger partial charge in [-0.3, -0.25) is 28.7 Å². The van der Waals surface area contributed by atoms with Crippen molar-refractivity contribution in [3.8, 4) is 0 Å². The van der Waals surface area contributed by atoms with Crippen molar-refractivity contribution in [1.29, 1.82) is 0 Å². The van der Waals surface area contributed by atoms with Crippen LogP contribution in [0.1, 0.15) is 80.3 Å². The molecule has 2 aliphatic rings. The Morgan fingerprint density at radius 3 is 2.14 bits per heavy atom. The highest BCUT2D eigenvalue weighted by Gasteiger charge is 2.50. The number of aromatic amines is 2. The van der Waals surface area contributed by atoms with Gasteiger partial charge < -0.3 is 57.5 Å². The smallest absolute Gasteiger partial charge is 0.330 e. The molecule has 2 fully saturated rings. The number of nitrogens with one attached hydrogen (secondary N) is 2. The molecule has 3 aromatic heterocycles. The molecule has 4 N–H and O–H groups in total. The van der Waals surface area contributed by atoms with E-state index in [1.165, 1.54) is 51.7 Å². The lowest BCUT2D eigenvalue weighted by Gasteiger charge is -2.34. The SMILES string of the molecule is C.CC(C)C1C(F)C(n2cnc3c(=O)[nH]c(N)nc32)OC1C(C)OP(=O)([O-])C(C)C.Cc1cn(C2CC(OP(=O)([O-])C(C)C)C(/C=C/P(=O)([O-])[O-])O2)c(=O)[nH]c1=O. The van der Waals surface area contributed by atoms with Crippen molar-refractivity contribution >= 4 is 39.9 Å². The van der Waals surface area contributed by atoms with Crippen LogP contribution in [0.4, 0.5) is 10.3 Å². The highest BCUT2D eigenvalue weighted by molar-refractivity contribution is 7.52. The number of alkyl halides is 1. The number of ether oxygens (including phenoxy) is 2. The Kier molecular flexibility index (Phi) is 15.6. The third kappa shape index (κ3) is 11.3. The topological polar surface area (TPSA) is 325 Å². The summed E-state index contributed by atoms with van der Waals surface area (Å²) in [6, 6.07) is 0.